The number of hydrogen-bond donors (Lipinski definition) is 0. The standard InChI is InChI=1S/C10H12P2S2/c1-7-3-5-13-9(7)11-12-10-8(2)4-6-14-10/h3-6,11-12H,1-2H3. The fraction of sp³-hybridized carbons (Fsp3) is 0.200. The first-order valence-corrected chi connectivity index (χ1v) is 9.13. The Morgan fingerprint density at radius 3 is 1.57 bits per heavy atom. The Hall–Kier alpha value is 0.260. The zero-order valence-corrected chi connectivity index (χ0v) is 11.8. The largest absolute Gasteiger partial charge is 0.144 e. The third-order valence-corrected chi connectivity index (χ3v) is 9.32. The van der Waals surface area contributed by atoms with Crippen LogP contribution in [-0.2, 0) is 0 Å². The fourth-order valence-electron chi connectivity index (χ4n) is 1.12. The molecule has 2 unspecified atom stereocenters. The smallest absolute Gasteiger partial charge is 0.0320 e. The van der Waals surface area contributed by atoms with Crippen LogP contribution in [-0.4, -0.2) is 0 Å². The van der Waals surface area contributed by atoms with Crippen LogP contribution in [0.15, 0.2) is 22.9 Å². The van der Waals surface area contributed by atoms with E-state index in [4.69, 9.17) is 0 Å². The van der Waals surface area contributed by atoms with Crippen molar-refractivity contribution < 1.29 is 0 Å². The average Bonchev–Trinajstić information content (AvgIpc) is 2.72. The normalized spacial score (nSPS) is 12.4. The molecule has 2 rings (SSSR count). The highest BCUT2D eigenvalue weighted by Crippen LogP contribution is 2.39. The molecular weight excluding hydrogens is 246 g/mol. The van der Waals surface area contributed by atoms with Gasteiger partial charge in [-0.25, -0.2) is 0 Å². The SMILES string of the molecule is Cc1ccsc1PPc1sccc1C. The van der Waals surface area contributed by atoms with Gasteiger partial charge in [0.1, 0.15) is 0 Å². The van der Waals surface area contributed by atoms with Crippen molar-refractivity contribution >= 4 is 48.4 Å². The minimum atomic E-state index is 0.975. The van der Waals surface area contributed by atoms with Gasteiger partial charge in [-0.05, 0) is 47.9 Å². The summed E-state index contributed by atoms with van der Waals surface area (Å²) in [5.41, 5.74) is 2.94. The molecule has 0 nitrogen and oxygen atoms in total. The van der Waals surface area contributed by atoms with Gasteiger partial charge in [0, 0.05) is 9.24 Å². The number of aryl methyl sites for hydroxylation is 2. The van der Waals surface area contributed by atoms with Crippen LogP contribution in [0.5, 0.6) is 0 Å². The molecule has 0 saturated carbocycles. The van der Waals surface area contributed by atoms with Crippen molar-refractivity contribution in [1.29, 1.82) is 0 Å². The highest BCUT2D eigenvalue weighted by Gasteiger charge is 2.03. The van der Waals surface area contributed by atoms with Crippen LogP contribution in [0.4, 0.5) is 0 Å². The van der Waals surface area contributed by atoms with Gasteiger partial charge >= 0.3 is 0 Å². The van der Waals surface area contributed by atoms with Crippen molar-refractivity contribution in [3.05, 3.63) is 34.0 Å². The lowest BCUT2D eigenvalue weighted by Gasteiger charge is -2.00. The van der Waals surface area contributed by atoms with Crippen LogP contribution >= 0.6 is 39.2 Å². The summed E-state index contributed by atoms with van der Waals surface area (Å²) in [6, 6.07) is 4.44. The predicted molar refractivity (Wildman–Crippen MR) is 74.0 cm³/mol. The first-order valence-electron chi connectivity index (χ1n) is 4.37. The van der Waals surface area contributed by atoms with Gasteiger partial charge < -0.3 is 0 Å². The predicted octanol–water partition coefficient (Wildman–Crippen LogP) is 3.65. The van der Waals surface area contributed by atoms with Crippen molar-refractivity contribution in [2.45, 2.75) is 13.8 Å². The molecule has 0 radical (unpaired) electrons. The molecule has 0 spiro atoms. The molecule has 0 aliphatic heterocycles. The zero-order valence-electron chi connectivity index (χ0n) is 8.13. The van der Waals surface area contributed by atoms with E-state index in [0.29, 0.717) is 0 Å². The summed E-state index contributed by atoms with van der Waals surface area (Å²) in [5.74, 6) is 0. The highest BCUT2D eigenvalue weighted by atomic mass is 32.1. The lowest BCUT2D eigenvalue weighted by molar-refractivity contribution is 1.59. The maximum atomic E-state index is 2.22. The Labute approximate surface area is 96.2 Å². The van der Waals surface area contributed by atoms with E-state index in [9.17, 15) is 0 Å². The molecule has 2 aromatic rings. The maximum absolute atomic E-state index is 2.22. The number of rotatable bonds is 3. The lowest BCUT2D eigenvalue weighted by Crippen LogP contribution is -1.91. The van der Waals surface area contributed by atoms with E-state index in [-0.39, 0.29) is 0 Å². The van der Waals surface area contributed by atoms with Gasteiger partial charge in [-0.2, -0.15) is 0 Å². The first-order chi connectivity index (χ1) is 6.77. The second-order valence-electron chi connectivity index (χ2n) is 3.12. The van der Waals surface area contributed by atoms with E-state index in [0.717, 1.165) is 16.5 Å². The van der Waals surface area contributed by atoms with E-state index in [2.05, 4.69) is 36.7 Å². The molecule has 74 valence electrons. The minimum absolute atomic E-state index is 0.975. The molecule has 0 fully saturated rings. The van der Waals surface area contributed by atoms with E-state index < -0.39 is 0 Å². The van der Waals surface area contributed by atoms with Gasteiger partial charge in [0.15, 0.2) is 0 Å². The van der Waals surface area contributed by atoms with Gasteiger partial charge in [-0.3, -0.25) is 0 Å². The summed E-state index contributed by atoms with van der Waals surface area (Å²) in [7, 11) is 1.95. The zero-order chi connectivity index (χ0) is 9.97. The van der Waals surface area contributed by atoms with Crippen molar-refractivity contribution in [2.24, 2.45) is 0 Å². The molecule has 0 aliphatic rings. The van der Waals surface area contributed by atoms with Crippen molar-refractivity contribution in [1.82, 2.24) is 0 Å². The molecule has 0 saturated heterocycles. The third-order valence-electron chi connectivity index (χ3n) is 2.01. The molecule has 0 bridgehead atoms. The first kappa shape index (κ1) is 10.8. The van der Waals surface area contributed by atoms with Gasteiger partial charge in [0.2, 0.25) is 0 Å². The summed E-state index contributed by atoms with van der Waals surface area (Å²) in [6.07, 6.45) is 0. The minimum Gasteiger partial charge on any atom is -0.144 e. The molecule has 4 heteroatoms. The second-order valence-corrected chi connectivity index (χ2v) is 8.67. The summed E-state index contributed by atoms with van der Waals surface area (Å²) < 4.78 is 3.16. The van der Waals surface area contributed by atoms with Crippen LogP contribution in [0, 0.1) is 13.8 Å². The molecule has 0 aromatic carbocycles. The molecular formula is C10H12P2S2. The topological polar surface area (TPSA) is 0 Å². The van der Waals surface area contributed by atoms with Gasteiger partial charge in [0.25, 0.3) is 0 Å². The van der Waals surface area contributed by atoms with E-state index in [1.54, 1.807) is 9.24 Å². The van der Waals surface area contributed by atoms with Crippen LogP contribution in [0.1, 0.15) is 11.1 Å². The Morgan fingerprint density at radius 2 is 1.29 bits per heavy atom. The van der Waals surface area contributed by atoms with Crippen molar-refractivity contribution in [2.75, 3.05) is 0 Å². The van der Waals surface area contributed by atoms with Gasteiger partial charge in [0.05, 0.1) is 0 Å². The van der Waals surface area contributed by atoms with Crippen LogP contribution in [0.2, 0.25) is 0 Å². The molecule has 2 atom stereocenters. The summed E-state index contributed by atoms with van der Waals surface area (Å²) in [6.45, 7) is 4.43. The molecule has 0 N–H and O–H groups in total. The Morgan fingerprint density at radius 1 is 0.857 bits per heavy atom. The van der Waals surface area contributed by atoms with Gasteiger partial charge in [-0.15, -0.1) is 22.7 Å². The van der Waals surface area contributed by atoms with E-state index in [1.165, 1.54) is 11.1 Å². The summed E-state index contributed by atoms with van der Waals surface area (Å²) >= 11 is 3.80. The van der Waals surface area contributed by atoms with Crippen LogP contribution in [0.3, 0.4) is 0 Å². The second kappa shape index (κ2) is 4.86. The van der Waals surface area contributed by atoms with Crippen LogP contribution in [0.25, 0.3) is 0 Å². The van der Waals surface area contributed by atoms with Gasteiger partial charge in [-0.1, -0.05) is 16.5 Å². The highest BCUT2D eigenvalue weighted by molar-refractivity contribution is 8.21. The van der Waals surface area contributed by atoms with Crippen molar-refractivity contribution in [3.8, 4) is 0 Å². The van der Waals surface area contributed by atoms with E-state index >= 15 is 0 Å². The lowest BCUT2D eigenvalue weighted by atomic mass is 10.4. The maximum Gasteiger partial charge on any atom is 0.0320 e. The quantitative estimate of drug-likeness (QED) is 0.737. The molecule has 0 aliphatic carbocycles. The molecule has 2 aromatic heterocycles. The molecule has 2 heterocycles. The average molecular weight is 258 g/mol. The summed E-state index contributed by atoms with van der Waals surface area (Å²) in [5, 5.41) is 4.40. The van der Waals surface area contributed by atoms with Crippen LogP contribution < -0.4 is 9.24 Å². The number of hydrogen-bond acceptors (Lipinski definition) is 2. The van der Waals surface area contributed by atoms with E-state index in [1.807, 2.05) is 22.7 Å². The third kappa shape index (κ3) is 2.44. The molecule has 14 heavy (non-hydrogen) atoms. The monoisotopic (exact) mass is 258 g/mol. The Balaban J connectivity index is 2.02. The Kier molecular flexibility index (Phi) is 3.73. The fourth-order valence-corrected chi connectivity index (χ4v) is 7.95. The molecule has 0 amide bonds. The number of thiophene rings is 2. The summed E-state index contributed by atoms with van der Waals surface area (Å²) in [4.78, 5) is 0. The Bertz CT molecular complexity index is 377. The van der Waals surface area contributed by atoms with Crippen molar-refractivity contribution in [3.63, 3.8) is 0 Å².